The number of Topliss-reactive ketones (excluding diaryl/α,β-unsaturated/α-hetero) is 1. The van der Waals surface area contributed by atoms with Gasteiger partial charge in [0.25, 0.3) is 0 Å². The number of benzene rings is 3. The Kier molecular flexibility index (Phi) is 9.08. The molecular formula is C38H42N4O4. The van der Waals surface area contributed by atoms with Gasteiger partial charge in [-0.1, -0.05) is 80.6 Å². The minimum absolute atomic E-state index is 0.0260. The molecule has 1 aliphatic carbocycles. The van der Waals surface area contributed by atoms with Crippen molar-refractivity contribution in [2.75, 3.05) is 56.6 Å². The molecule has 2 heterocycles. The highest BCUT2D eigenvalue weighted by molar-refractivity contribution is 6.02. The number of nitrogens with zero attached hydrogens (tertiary/aromatic N) is 3. The number of nitrogens with one attached hydrogen (secondary N) is 1. The van der Waals surface area contributed by atoms with E-state index >= 15 is 0 Å². The van der Waals surface area contributed by atoms with Crippen molar-refractivity contribution in [2.45, 2.75) is 32.7 Å². The number of anilines is 2. The van der Waals surface area contributed by atoms with Crippen LogP contribution in [0.15, 0.2) is 96.2 Å². The van der Waals surface area contributed by atoms with Crippen molar-refractivity contribution in [3.63, 3.8) is 0 Å². The zero-order chi connectivity index (χ0) is 32.3. The number of hydrogen-bond acceptors (Lipinski definition) is 7. The van der Waals surface area contributed by atoms with E-state index in [4.69, 9.17) is 4.74 Å². The molecule has 1 fully saturated rings. The first-order chi connectivity index (χ1) is 22.2. The van der Waals surface area contributed by atoms with Gasteiger partial charge < -0.3 is 19.9 Å². The van der Waals surface area contributed by atoms with Crippen molar-refractivity contribution in [1.82, 2.24) is 9.80 Å². The van der Waals surface area contributed by atoms with Gasteiger partial charge in [0.05, 0.1) is 36.6 Å². The summed E-state index contributed by atoms with van der Waals surface area (Å²) in [5.74, 6) is -0.321. The third-order valence-electron chi connectivity index (χ3n) is 9.16. The molecule has 1 N–H and O–H groups in total. The fourth-order valence-electron chi connectivity index (χ4n) is 6.82. The van der Waals surface area contributed by atoms with E-state index in [1.54, 1.807) is 12.1 Å². The summed E-state index contributed by atoms with van der Waals surface area (Å²) in [5.41, 5.74) is 5.57. The van der Waals surface area contributed by atoms with E-state index < -0.39 is 12.0 Å². The highest BCUT2D eigenvalue weighted by atomic mass is 16.5. The molecule has 0 saturated carbocycles. The second kappa shape index (κ2) is 13.3. The van der Waals surface area contributed by atoms with Crippen LogP contribution in [0.3, 0.4) is 0 Å². The normalized spacial score (nSPS) is 19.7. The highest BCUT2D eigenvalue weighted by Gasteiger charge is 2.42. The third-order valence-corrected chi connectivity index (χ3v) is 9.16. The van der Waals surface area contributed by atoms with E-state index in [0.717, 1.165) is 42.3 Å². The Balaban J connectivity index is 1.28. The molecule has 1 saturated heterocycles. The predicted octanol–water partition coefficient (Wildman–Crippen LogP) is 5.95. The predicted molar refractivity (Wildman–Crippen MR) is 181 cm³/mol. The van der Waals surface area contributed by atoms with Crippen LogP contribution in [0.5, 0.6) is 0 Å². The number of amides is 1. The summed E-state index contributed by atoms with van der Waals surface area (Å²) in [5, 5.41) is 3.61. The molecule has 46 heavy (non-hydrogen) atoms. The Hall–Kier alpha value is -4.69. The van der Waals surface area contributed by atoms with Gasteiger partial charge in [-0.2, -0.15) is 0 Å². The van der Waals surface area contributed by atoms with Crippen LogP contribution in [0.1, 0.15) is 54.2 Å². The minimum atomic E-state index is -0.505. The van der Waals surface area contributed by atoms with E-state index in [9.17, 15) is 14.4 Å². The lowest BCUT2D eigenvalue weighted by atomic mass is 9.73. The summed E-state index contributed by atoms with van der Waals surface area (Å²) in [4.78, 5) is 46.7. The Bertz CT molecular complexity index is 1650. The molecular weight excluding hydrogens is 576 g/mol. The second-order valence-corrected chi connectivity index (χ2v) is 13.1. The molecule has 3 aromatic carbocycles. The van der Waals surface area contributed by atoms with Crippen LogP contribution < -0.4 is 10.2 Å². The molecule has 3 aliphatic rings. The van der Waals surface area contributed by atoms with Crippen molar-refractivity contribution < 1.29 is 19.1 Å². The number of ketones is 1. The molecule has 238 valence electrons. The van der Waals surface area contributed by atoms with E-state index in [0.29, 0.717) is 37.1 Å². The first-order valence-electron chi connectivity index (χ1n) is 16.0. The van der Waals surface area contributed by atoms with Gasteiger partial charge >= 0.3 is 5.97 Å². The van der Waals surface area contributed by atoms with E-state index in [-0.39, 0.29) is 23.7 Å². The van der Waals surface area contributed by atoms with Gasteiger partial charge in [-0.05, 0) is 47.2 Å². The fraction of sp³-hybridized carbons (Fsp3) is 0.342. The molecule has 6 rings (SSSR count). The maximum atomic E-state index is 14.1. The molecule has 2 aliphatic heterocycles. The summed E-state index contributed by atoms with van der Waals surface area (Å²) in [6.07, 6.45) is 5.44. The average molecular weight is 619 g/mol. The fourth-order valence-corrected chi connectivity index (χ4v) is 6.82. The van der Waals surface area contributed by atoms with Crippen LogP contribution in [0.25, 0.3) is 6.08 Å². The third kappa shape index (κ3) is 6.77. The molecule has 8 heteroatoms. The van der Waals surface area contributed by atoms with E-state index in [2.05, 4.69) is 53.2 Å². The van der Waals surface area contributed by atoms with Crippen molar-refractivity contribution in [1.29, 1.82) is 0 Å². The number of carbonyl (C=O) groups excluding carboxylic acids is 3. The Morgan fingerprint density at radius 2 is 1.61 bits per heavy atom. The highest BCUT2D eigenvalue weighted by Crippen LogP contribution is 2.48. The van der Waals surface area contributed by atoms with E-state index in [1.165, 1.54) is 12.7 Å². The van der Waals surface area contributed by atoms with Crippen LogP contribution >= 0.6 is 0 Å². The number of fused-ring (bicyclic) bond motifs is 1. The van der Waals surface area contributed by atoms with Gasteiger partial charge in [-0.3, -0.25) is 14.5 Å². The van der Waals surface area contributed by atoms with Crippen LogP contribution in [-0.4, -0.2) is 73.8 Å². The monoisotopic (exact) mass is 618 g/mol. The van der Waals surface area contributed by atoms with Gasteiger partial charge in [0.15, 0.2) is 5.78 Å². The van der Waals surface area contributed by atoms with E-state index in [1.807, 2.05) is 59.5 Å². The van der Waals surface area contributed by atoms with Crippen molar-refractivity contribution in [3.05, 3.63) is 113 Å². The Morgan fingerprint density at radius 3 is 2.33 bits per heavy atom. The van der Waals surface area contributed by atoms with Gasteiger partial charge in [-0.15, -0.1) is 0 Å². The minimum Gasteiger partial charge on any atom is -0.465 e. The number of esters is 1. The number of carbonyl (C=O) groups is 3. The molecule has 0 aromatic heterocycles. The first kappa shape index (κ1) is 31.3. The summed E-state index contributed by atoms with van der Waals surface area (Å²) in [6, 6.07) is 24.9. The molecule has 1 atom stereocenters. The smallest absolute Gasteiger partial charge is 0.337 e. The molecule has 0 bridgehead atoms. The number of piperazine rings is 1. The molecule has 8 nitrogen and oxygen atoms in total. The standard InChI is InChI=1S/C38H42N4O4/c1-38(2)24-31-35(33(43)25-38)36(28-15-17-29(18-16-28)37(45)46-3)42(32-14-8-7-13-30(32)39-31)26-34(44)41-22-20-40(21-23-41)19-9-12-27-10-5-4-6-11-27/h4-18,36,39H,19-26H2,1-3H3/b12-9+. The maximum Gasteiger partial charge on any atom is 0.337 e. The quantitative estimate of drug-likeness (QED) is 0.328. The van der Waals surface area contributed by atoms with Gasteiger partial charge in [0, 0.05) is 50.4 Å². The number of hydrogen-bond donors (Lipinski definition) is 1. The topological polar surface area (TPSA) is 82.2 Å². The van der Waals surface area contributed by atoms with Crippen molar-refractivity contribution >= 4 is 35.1 Å². The number of ether oxygens (including phenoxy) is 1. The maximum absolute atomic E-state index is 14.1. The van der Waals surface area contributed by atoms with Gasteiger partial charge in [0.2, 0.25) is 5.91 Å². The molecule has 0 radical (unpaired) electrons. The zero-order valence-corrected chi connectivity index (χ0v) is 26.9. The lowest BCUT2D eigenvalue weighted by Gasteiger charge is -2.39. The Morgan fingerprint density at radius 1 is 0.913 bits per heavy atom. The summed E-state index contributed by atoms with van der Waals surface area (Å²) < 4.78 is 4.92. The lowest BCUT2D eigenvalue weighted by molar-refractivity contribution is -0.131. The largest absolute Gasteiger partial charge is 0.465 e. The number of rotatable bonds is 7. The molecule has 3 aromatic rings. The Labute approximate surface area is 271 Å². The summed E-state index contributed by atoms with van der Waals surface area (Å²) in [6.45, 7) is 8.06. The van der Waals surface area contributed by atoms with Crippen LogP contribution in [0, 0.1) is 5.41 Å². The van der Waals surface area contributed by atoms with Crippen LogP contribution in [0.4, 0.5) is 11.4 Å². The van der Waals surface area contributed by atoms with Gasteiger partial charge in [0.1, 0.15) is 0 Å². The summed E-state index contributed by atoms with van der Waals surface area (Å²) in [7, 11) is 1.36. The van der Waals surface area contributed by atoms with Crippen molar-refractivity contribution in [2.24, 2.45) is 5.41 Å². The summed E-state index contributed by atoms with van der Waals surface area (Å²) >= 11 is 0. The zero-order valence-electron chi connectivity index (χ0n) is 26.9. The number of allylic oxidation sites excluding steroid dienone is 1. The SMILES string of the molecule is COC(=O)c1ccc(C2C3=C(CC(C)(C)CC3=O)Nc3ccccc3N2CC(=O)N2CCN(C/C=C/c3ccccc3)CC2)cc1. The molecule has 1 unspecified atom stereocenters. The molecule has 0 spiro atoms. The second-order valence-electron chi connectivity index (χ2n) is 13.1. The van der Waals surface area contributed by atoms with Crippen molar-refractivity contribution in [3.8, 4) is 0 Å². The van der Waals surface area contributed by atoms with Crippen LogP contribution in [0.2, 0.25) is 0 Å². The number of para-hydroxylation sites is 2. The lowest BCUT2D eigenvalue weighted by Crippen LogP contribution is -2.51. The van der Waals surface area contributed by atoms with Gasteiger partial charge in [-0.25, -0.2) is 4.79 Å². The average Bonchev–Trinajstić information content (AvgIpc) is 3.19. The van der Waals surface area contributed by atoms with Crippen LogP contribution in [-0.2, 0) is 14.3 Å². The molecule has 1 amide bonds. The first-order valence-corrected chi connectivity index (χ1v) is 16.0. The number of methoxy groups -OCH3 is 1.